The van der Waals surface area contributed by atoms with Gasteiger partial charge in [-0.3, -0.25) is 4.79 Å². The van der Waals surface area contributed by atoms with E-state index in [0.29, 0.717) is 11.3 Å². The molecule has 0 aliphatic heterocycles. The highest BCUT2D eigenvalue weighted by Crippen LogP contribution is 2.18. The quantitative estimate of drug-likeness (QED) is 0.707. The Kier molecular flexibility index (Phi) is 3.68. The average molecular weight is 204 g/mol. The van der Waals surface area contributed by atoms with Crippen molar-refractivity contribution >= 4 is 5.78 Å². The lowest BCUT2D eigenvalue weighted by Gasteiger charge is -2.08. The second kappa shape index (κ2) is 4.79. The fourth-order valence-corrected chi connectivity index (χ4v) is 1.84. The summed E-state index contributed by atoms with van der Waals surface area (Å²) in [5.74, 6) is 0.0238. The minimum Gasteiger partial charge on any atom is -0.341 e. The van der Waals surface area contributed by atoms with Crippen molar-refractivity contribution in [3.8, 4) is 6.07 Å². The van der Waals surface area contributed by atoms with Gasteiger partial charge < -0.3 is 4.57 Å². The van der Waals surface area contributed by atoms with Gasteiger partial charge in [0.15, 0.2) is 5.78 Å². The van der Waals surface area contributed by atoms with Crippen molar-refractivity contribution in [2.75, 3.05) is 0 Å². The maximum Gasteiger partial charge on any atom is 0.176 e. The van der Waals surface area contributed by atoms with Gasteiger partial charge in [0, 0.05) is 19.2 Å². The van der Waals surface area contributed by atoms with E-state index in [1.165, 1.54) is 0 Å². The Morgan fingerprint density at radius 1 is 1.53 bits per heavy atom. The standard InChI is InChI=1S/C12H16N2O/c1-4-6-11-10(8-13)7-12(9(3)15)14(11)5-2/h7H,4-6H2,1-3H3. The smallest absolute Gasteiger partial charge is 0.176 e. The third-order valence-corrected chi connectivity index (χ3v) is 2.49. The zero-order valence-corrected chi connectivity index (χ0v) is 9.50. The van der Waals surface area contributed by atoms with Gasteiger partial charge in [-0.05, 0) is 19.4 Å². The molecule has 1 heterocycles. The minimum atomic E-state index is 0.0238. The number of nitriles is 1. The summed E-state index contributed by atoms with van der Waals surface area (Å²) in [5, 5.41) is 8.99. The summed E-state index contributed by atoms with van der Waals surface area (Å²) in [7, 11) is 0. The highest BCUT2D eigenvalue weighted by molar-refractivity contribution is 5.93. The van der Waals surface area contributed by atoms with E-state index in [9.17, 15) is 4.79 Å². The normalized spacial score (nSPS) is 10.0. The predicted octanol–water partition coefficient (Wildman–Crippen LogP) is 2.53. The van der Waals surface area contributed by atoms with Crippen LogP contribution in [0.25, 0.3) is 0 Å². The van der Waals surface area contributed by atoms with Crippen LogP contribution in [-0.2, 0) is 13.0 Å². The molecule has 3 nitrogen and oxygen atoms in total. The summed E-state index contributed by atoms with van der Waals surface area (Å²) in [5.41, 5.74) is 2.29. The highest BCUT2D eigenvalue weighted by atomic mass is 16.1. The summed E-state index contributed by atoms with van der Waals surface area (Å²) in [6.45, 7) is 6.35. The number of hydrogen-bond acceptors (Lipinski definition) is 2. The van der Waals surface area contributed by atoms with Crippen molar-refractivity contribution in [3.63, 3.8) is 0 Å². The van der Waals surface area contributed by atoms with Crippen molar-refractivity contribution in [3.05, 3.63) is 23.0 Å². The Morgan fingerprint density at radius 2 is 2.20 bits per heavy atom. The number of Topliss-reactive ketones (excluding diaryl/α,β-unsaturated/α-hetero) is 1. The van der Waals surface area contributed by atoms with E-state index < -0.39 is 0 Å². The van der Waals surface area contributed by atoms with E-state index in [-0.39, 0.29) is 5.78 Å². The predicted molar refractivity (Wildman–Crippen MR) is 58.8 cm³/mol. The third-order valence-electron chi connectivity index (χ3n) is 2.49. The van der Waals surface area contributed by atoms with Gasteiger partial charge in [0.2, 0.25) is 0 Å². The first-order valence-electron chi connectivity index (χ1n) is 5.29. The SMILES string of the molecule is CCCc1c(C#N)cc(C(C)=O)n1CC. The Balaban J connectivity index is 3.33. The first-order chi connectivity index (χ1) is 7.15. The van der Waals surface area contributed by atoms with Crippen LogP contribution in [-0.4, -0.2) is 10.4 Å². The number of rotatable bonds is 4. The fraction of sp³-hybridized carbons (Fsp3) is 0.500. The van der Waals surface area contributed by atoms with E-state index in [1.54, 1.807) is 13.0 Å². The lowest BCUT2D eigenvalue weighted by atomic mass is 10.2. The second-order valence-electron chi connectivity index (χ2n) is 3.55. The Morgan fingerprint density at radius 3 is 2.60 bits per heavy atom. The third kappa shape index (κ3) is 2.10. The van der Waals surface area contributed by atoms with Gasteiger partial charge in [-0.25, -0.2) is 0 Å². The van der Waals surface area contributed by atoms with Crippen LogP contribution in [0.1, 0.15) is 48.9 Å². The zero-order chi connectivity index (χ0) is 11.4. The molecule has 0 aromatic carbocycles. The number of hydrogen-bond donors (Lipinski definition) is 0. The van der Waals surface area contributed by atoms with E-state index in [4.69, 9.17) is 5.26 Å². The molecule has 0 amide bonds. The molecule has 0 unspecified atom stereocenters. The molecule has 1 rings (SSSR count). The van der Waals surface area contributed by atoms with Crippen LogP contribution in [0.2, 0.25) is 0 Å². The van der Waals surface area contributed by atoms with Crippen molar-refractivity contribution in [2.45, 2.75) is 40.2 Å². The lowest BCUT2D eigenvalue weighted by molar-refractivity contribution is 0.100. The molecule has 80 valence electrons. The maximum absolute atomic E-state index is 11.4. The molecule has 15 heavy (non-hydrogen) atoms. The summed E-state index contributed by atoms with van der Waals surface area (Å²) in [4.78, 5) is 11.4. The van der Waals surface area contributed by atoms with Crippen LogP contribution >= 0.6 is 0 Å². The van der Waals surface area contributed by atoms with Gasteiger partial charge in [0.1, 0.15) is 6.07 Å². The monoisotopic (exact) mass is 204 g/mol. The van der Waals surface area contributed by atoms with Crippen molar-refractivity contribution in [1.29, 1.82) is 5.26 Å². The van der Waals surface area contributed by atoms with Crippen molar-refractivity contribution < 1.29 is 4.79 Å². The van der Waals surface area contributed by atoms with Crippen LogP contribution in [0.5, 0.6) is 0 Å². The number of carbonyl (C=O) groups excluding carboxylic acids is 1. The van der Waals surface area contributed by atoms with Crippen LogP contribution in [0.3, 0.4) is 0 Å². The molecule has 0 radical (unpaired) electrons. The Bertz CT molecular complexity index is 410. The summed E-state index contributed by atoms with van der Waals surface area (Å²) < 4.78 is 1.95. The van der Waals surface area contributed by atoms with Gasteiger partial charge in [0.25, 0.3) is 0 Å². The number of nitrogens with zero attached hydrogens (tertiary/aromatic N) is 2. The molecule has 0 bridgehead atoms. The summed E-state index contributed by atoms with van der Waals surface area (Å²) in [6.07, 6.45) is 1.83. The summed E-state index contributed by atoms with van der Waals surface area (Å²) >= 11 is 0. The van der Waals surface area contributed by atoms with Crippen molar-refractivity contribution in [2.24, 2.45) is 0 Å². The van der Waals surface area contributed by atoms with Gasteiger partial charge >= 0.3 is 0 Å². The Labute approximate surface area is 90.3 Å². The number of aromatic nitrogens is 1. The molecule has 0 saturated heterocycles. The van der Waals surface area contributed by atoms with Gasteiger partial charge in [-0.1, -0.05) is 13.3 Å². The fourth-order valence-electron chi connectivity index (χ4n) is 1.84. The van der Waals surface area contributed by atoms with Gasteiger partial charge in [-0.2, -0.15) is 5.26 Å². The largest absolute Gasteiger partial charge is 0.341 e. The first kappa shape index (κ1) is 11.5. The molecule has 0 spiro atoms. The first-order valence-corrected chi connectivity index (χ1v) is 5.29. The minimum absolute atomic E-state index is 0.0238. The molecular formula is C12H16N2O. The molecule has 0 aliphatic rings. The lowest BCUT2D eigenvalue weighted by Crippen LogP contribution is -2.08. The molecular weight excluding hydrogens is 188 g/mol. The molecule has 1 aromatic heterocycles. The van der Waals surface area contributed by atoms with Gasteiger partial charge in [0.05, 0.1) is 11.3 Å². The highest BCUT2D eigenvalue weighted by Gasteiger charge is 2.15. The van der Waals surface area contributed by atoms with E-state index in [1.807, 2.05) is 11.5 Å². The molecule has 0 saturated carbocycles. The van der Waals surface area contributed by atoms with Crippen LogP contribution < -0.4 is 0 Å². The van der Waals surface area contributed by atoms with E-state index in [0.717, 1.165) is 25.1 Å². The Hall–Kier alpha value is -1.56. The average Bonchev–Trinajstić information content (AvgIpc) is 2.56. The van der Waals surface area contributed by atoms with E-state index in [2.05, 4.69) is 13.0 Å². The molecule has 0 N–H and O–H groups in total. The zero-order valence-electron chi connectivity index (χ0n) is 9.50. The van der Waals surface area contributed by atoms with Crippen LogP contribution in [0.4, 0.5) is 0 Å². The topological polar surface area (TPSA) is 45.8 Å². The summed E-state index contributed by atoms with van der Waals surface area (Å²) in [6, 6.07) is 3.86. The van der Waals surface area contributed by atoms with E-state index >= 15 is 0 Å². The molecule has 0 fully saturated rings. The van der Waals surface area contributed by atoms with Crippen LogP contribution in [0, 0.1) is 11.3 Å². The number of ketones is 1. The molecule has 0 atom stereocenters. The van der Waals surface area contributed by atoms with Crippen molar-refractivity contribution in [1.82, 2.24) is 4.57 Å². The molecule has 3 heteroatoms. The van der Waals surface area contributed by atoms with Crippen LogP contribution in [0.15, 0.2) is 6.07 Å². The molecule has 0 aliphatic carbocycles. The molecule has 1 aromatic rings. The second-order valence-corrected chi connectivity index (χ2v) is 3.55. The van der Waals surface area contributed by atoms with Gasteiger partial charge in [-0.15, -0.1) is 0 Å². The maximum atomic E-state index is 11.4. The number of carbonyl (C=O) groups is 1.